The van der Waals surface area contributed by atoms with Gasteiger partial charge >= 0.3 is 0 Å². The lowest BCUT2D eigenvalue weighted by Gasteiger charge is -2.26. The smallest absolute Gasteiger partial charge is 0.264 e. The van der Waals surface area contributed by atoms with Crippen LogP contribution in [0.2, 0.25) is 0 Å². The second kappa shape index (κ2) is 5.83. The van der Waals surface area contributed by atoms with Crippen molar-refractivity contribution >= 4 is 58.9 Å². The molecule has 1 saturated heterocycles. The zero-order valence-electron chi connectivity index (χ0n) is 10.2. The number of sulfone groups is 1. The first-order chi connectivity index (χ1) is 8.84. The summed E-state index contributed by atoms with van der Waals surface area (Å²) in [6.45, 7) is 2.40. The molecule has 0 aliphatic carbocycles. The van der Waals surface area contributed by atoms with E-state index in [1.165, 1.54) is 11.3 Å². The minimum absolute atomic E-state index is 0.0836. The van der Waals surface area contributed by atoms with Crippen molar-refractivity contribution in [1.82, 2.24) is 4.90 Å². The third-order valence-electron chi connectivity index (χ3n) is 3.11. The second-order valence-electron chi connectivity index (χ2n) is 4.38. The second-order valence-corrected chi connectivity index (χ2v) is 9.83. The average Bonchev–Trinajstić information content (AvgIpc) is 2.84. The van der Waals surface area contributed by atoms with Crippen LogP contribution >= 0.6 is 43.2 Å². The number of hydrogen-bond donors (Lipinski definition) is 0. The molecule has 0 unspecified atom stereocenters. The van der Waals surface area contributed by atoms with E-state index in [9.17, 15) is 13.2 Å². The molecule has 1 aliphatic rings. The van der Waals surface area contributed by atoms with Crippen LogP contribution in [-0.2, 0) is 9.84 Å². The highest BCUT2D eigenvalue weighted by atomic mass is 79.9. The van der Waals surface area contributed by atoms with E-state index in [2.05, 4.69) is 31.9 Å². The number of carbonyl (C=O) groups is 1. The number of carbonyl (C=O) groups excluding carboxylic acids is 1. The molecule has 19 heavy (non-hydrogen) atoms. The maximum absolute atomic E-state index is 12.4. The van der Waals surface area contributed by atoms with E-state index < -0.39 is 9.84 Å². The lowest BCUT2D eigenvalue weighted by atomic mass is 10.2. The van der Waals surface area contributed by atoms with Crippen molar-refractivity contribution in [2.75, 3.05) is 18.1 Å². The van der Waals surface area contributed by atoms with E-state index in [-0.39, 0.29) is 23.5 Å². The van der Waals surface area contributed by atoms with E-state index in [0.717, 1.165) is 8.26 Å². The predicted octanol–water partition coefficient (Wildman–Crippen LogP) is 2.92. The summed E-state index contributed by atoms with van der Waals surface area (Å²) < 4.78 is 24.8. The summed E-state index contributed by atoms with van der Waals surface area (Å²) in [5.41, 5.74) is 0. The molecular formula is C11H13Br2NO3S2. The standard InChI is InChI=1S/C11H13Br2NO3S2/c1-2-14(7-3-4-19(16,17)6-7)11(15)9-5-8(12)10(13)18-9/h5,7H,2-4,6H2,1H3/t7-/m0/s1. The highest BCUT2D eigenvalue weighted by molar-refractivity contribution is 9.13. The summed E-state index contributed by atoms with van der Waals surface area (Å²) in [4.78, 5) is 14.7. The molecule has 0 saturated carbocycles. The molecule has 2 rings (SSSR count). The number of halogens is 2. The highest BCUT2D eigenvalue weighted by Crippen LogP contribution is 2.33. The van der Waals surface area contributed by atoms with E-state index in [1.807, 2.05) is 6.92 Å². The van der Waals surface area contributed by atoms with Crippen molar-refractivity contribution in [2.45, 2.75) is 19.4 Å². The fourth-order valence-electron chi connectivity index (χ4n) is 2.18. The molecule has 8 heteroatoms. The van der Waals surface area contributed by atoms with E-state index in [4.69, 9.17) is 0 Å². The van der Waals surface area contributed by atoms with Gasteiger partial charge in [0.25, 0.3) is 5.91 Å². The Bertz CT molecular complexity index is 578. The van der Waals surface area contributed by atoms with Gasteiger partial charge < -0.3 is 4.90 Å². The van der Waals surface area contributed by atoms with Gasteiger partial charge in [-0.15, -0.1) is 11.3 Å². The maximum Gasteiger partial charge on any atom is 0.264 e. The van der Waals surface area contributed by atoms with Crippen molar-refractivity contribution in [3.05, 3.63) is 19.2 Å². The molecular weight excluding hydrogens is 418 g/mol. The fourth-order valence-corrected chi connectivity index (χ4v) is 5.90. The van der Waals surface area contributed by atoms with Crippen LogP contribution in [0.25, 0.3) is 0 Å². The molecule has 0 N–H and O–H groups in total. The van der Waals surface area contributed by atoms with E-state index in [1.54, 1.807) is 11.0 Å². The lowest BCUT2D eigenvalue weighted by Crippen LogP contribution is -2.40. The van der Waals surface area contributed by atoms with Gasteiger partial charge in [-0.25, -0.2) is 8.42 Å². The van der Waals surface area contributed by atoms with Gasteiger partial charge in [0.1, 0.15) is 0 Å². The Balaban J connectivity index is 2.20. The van der Waals surface area contributed by atoms with Gasteiger partial charge in [0.2, 0.25) is 0 Å². The van der Waals surface area contributed by atoms with Gasteiger partial charge in [0.05, 0.1) is 20.2 Å². The molecule has 0 radical (unpaired) electrons. The third-order valence-corrected chi connectivity index (χ3v) is 8.10. The maximum atomic E-state index is 12.4. The highest BCUT2D eigenvalue weighted by Gasteiger charge is 2.34. The molecule has 106 valence electrons. The molecule has 4 nitrogen and oxygen atoms in total. The fraction of sp³-hybridized carbons (Fsp3) is 0.545. The summed E-state index contributed by atoms with van der Waals surface area (Å²) >= 11 is 8.07. The Morgan fingerprint density at radius 1 is 1.53 bits per heavy atom. The number of rotatable bonds is 3. The molecule has 1 fully saturated rings. The van der Waals surface area contributed by atoms with Crippen LogP contribution in [0.15, 0.2) is 14.3 Å². The summed E-state index contributed by atoms with van der Waals surface area (Å²) in [6.07, 6.45) is 0.537. The Hall–Kier alpha value is 0.0800. The summed E-state index contributed by atoms with van der Waals surface area (Å²) in [6, 6.07) is 1.57. The molecule has 1 aromatic rings. The van der Waals surface area contributed by atoms with Crippen molar-refractivity contribution < 1.29 is 13.2 Å². The minimum atomic E-state index is -2.98. The topological polar surface area (TPSA) is 54.5 Å². The first-order valence-corrected chi connectivity index (χ1v) is 10.0. The zero-order valence-corrected chi connectivity index (χ0v) is 15.0. The van der Waals surface area contributed by atoms with E-state index >= 15 is 0 Å². The van der Waals surface area contributed by atoms with Crippen molar-refractivity contribution in [2.24, 2.45) is 0 Å². The van der Waals surface area contributed by atoms with Crippen LogP contribution in [0, 0.1) is 0 Å². The quantitative estimate of drug-likeness (QED) is 0.740. The zero-order chi connectivity index (χ0) is 14.2. The average molecular weight is 431 g/mol. The van der Waals surface area contributed by atoms with Gasteiger partial charge in [-0.3, -0.25) is 4.79 Å². The van der Waals surface area contributed by atoms with Crippen LogP contribution < -0.4 is 0 Å². The van der Waals surface area contributed by atoms with Crippen LogP contribution in [-0.4, -0.2) is 43.3 Å². The Morgan fingerprint density at radius 3 is 2.63 bits per heavy atom. The summed E-state index contributed by atoms with van der Waals surface area (Å²) in [5.74, 6) is 0.167. The van der Waals surface area contributed by atoms with Crippen LogP contribution in [0.5, 0.6) is 0 Å². The molecule has 1 aromatic heterocycles. The Labute approximate surface area is 133 Å². The molecule has 0 spiro atoms. The predicted molar refractivity (Wildman–Crippen MR) is 83.5 cm³/mol. The molecule has 0 aromatic carbocycles. The largest absolute Gasteiger partial charge is 0.334 e. The van der Waals surface area contributed by atoms with Gasteiger partial charge in [-0.1, -0.05) is 0 Å². The lowest BCUT2D eigenvalue weighted by molar-refractivity contribution is 0.0713. The molecule has 1 aliphatic heterocycles. The molecule has 2 heterocycles. The van der Waals surface area contributed by atoms with Crippen LogP contribution in [0.1, 0.15) is 23.0 Å². The molecule has 1 atom stereocenters. The van der Waals surface area contributed by atoms with Crippen molar-refractivity contribution in [3.8, 4) is 0 Å². The monoisotopic (exact) mass is 429 g/mol. The number of thiophene rings is 1. The van der Waals surface area contributed by atoms with E-state index in [0.29, 0.717) is 17.8 Å². The van der Waals surface area contributed by atoms with Gasteiger partial charge in [0, 0.05) is 17.1 Å². The van der Waals surface area contributed by atoms with Gasteiger partial charge in [0.15, 0.2) is 9.84 Å². The number of hydrogen-bond acceptors (Lipinski definition) is 4. The Morgan fingerprint density at radius 2 is 2.21 bits per heavy atom. The normalized spacial score (nSPS) is 21.5. The Kier molecular flexibility index (Phi) is 4.75. The first kappa shape index (κ1) is 15.5. The van der Waals surface area contributed by atoms with Crippen molar-refractivity contribution in [3.63, 3.8) is 0 Å². The minimum Gasteiger partial charge on any atom is -0.334 e. The SMILES string of the molecule is CCN(C(=O)c1cc(Br)c(Br)s1)[C@H]1CCS(=O)(=O)C1. The third kappa shape index (κ3) is 3.40. The van der Waals surface area contributed by atoms with Gasteiger partial charge in [-0.05, 0) is 51.3 Å². The van der Waals surface area contributed by atoms with Crippen molar-refractivity contribution in [1.29, 1.82) is 0 Å². The molecule has 1 amide bonds. The summed E-state index contributed by atoms with van der Waals surface area (Å²) in [7, 11) is -2.98. The summed E-state index contributed by atoms with van der Waals surface area (Å²) in [5, 5.41) is 0. The molecule has 0 bridgehead atoms. The van der Waals surface area contributed by atoms with Crippen LogP contribution in [0.4, 0.5) is 0 Å². The number of amides is 1. The van der Waals surface area contributed by atoms with Gasteiger partial charge in [-0.2, -0.15) is 0 Å². The van der Waals surface area contributed by atoms with Crippen LogP contribution in [0.3, 0.4) is 0 Å². The number of nitrogens with zero attached hydrogens (tertiary/aromatic N) is 1. The first-order valence-electron chi connectivity index (χ1n) is 5.80.